The number of carbonyl (C=O) groups excluding carboxylic acids is 2. The van der Waals surface area contributed by atoms with E-state index in [1.54, 1.807) is 55.5 Å². The first-order chi connectivity index (χ1) is 31.6. The van der Waals surface area contributed by atoms with Gasteiger partial charge >= 0.3 is 19.7 Å². The molecule has 66 heavy (non-hydrogen) atoms. The van der Waals surface area contributed by atoms with E-state index in [9.17, 15) is 27.7 Å². The minimum Gasteiger partial charge on any atom is -0.497 e. The van der Waals surface area contributed by atoms with Gasteiger partial charge in [-0.3, -0.25) is 4.52 Å². The number of nitrogens with zero attached hydrogens (tertiary/aromatic N) is 1. The van der Waals surface area contributed by atoms with Crippen LogP contribution in [0.5, 0.6) is 17.2 Å². The van der Waals surface area contributed by atoms with Crippen LogP contribution in [0, 0.1) is 11.8 Å². The van der Waals surface area contributed by atoms with Crippen LogP contribution in [0.3, 0.4) is 0 Å². The van der Waals surface area contributed by atoms with Gasteiger partial charge in [-0.05, 0) is 105 Å². The fourth-order valence-electron chi connectivity index (χ4n) is 7.80. The van der Waals surface area contributed by atoms with Gasteiger partial charge in [-0.25, -0.2) is 22.6 Å². The lowest BCUT2D eigenvalue weighted by atomic mass is 10.0. The van der Waals surface area contributed by atoms with Crippen molar-refractivity contribution in [2.45, 2.75) is 128 Å². The Morgan fingerprint density at radius 2 is 1.52 bits per heavy atom. The number of aryl methyl sites for hydroxylation is 1. The fourth-order valence-corrected chi connectivity index (χ4v) is 10.9. The molecule has 2 heterocycles. The molecule has 2 saturated heterocycles. The Balaban J connectivity index is 1.29. The molecule has 366 valence electrons. The normalized spacial score (nSPS) is 19.4. The summed E-state index contributed by atoms with van der Waals surface area (Å²) >= 11 is 0. The Morgan fingerprint density at radius 1 is 0.864 bits per heavy atom. The lowest BCUT2D eigenvalue weighted by Crippen LogP contribution is -2.51. The maximum atomic E-state index is 14.3. The molecule has 3 aromatic carbocycles. The number of alkyl carbamates (subject to hydrolysis) is 1. The van der Waals surface area contributed by atoms with Crippen LogP contribution in [0.4, 0.5) is 4.79 Å². The highest BCUT2D eigenvalue weighted by molar-refractivity contribution is 7.89. The Bertz CT molecular complexity index is 2110. The molecule has 2 N–H and O–H groups in total. The summed E-state index contributed by atoms with van der Waals surface area (Å²) in [6.07, 6.45) is 3.81. The zero-order valence-electron chi connectivity index (χ0n) is 39.1. The van der Waals surface area contributed by atoms with Crippen molar-refractivity contribution in [2.24, 2.45) is 11.8 Å². The first kappa shape index (κ1) is 52.7. The molecule has 0 spiro atoms. The topological polar surface area (TPSA) is 195 Å². The maximum Gasteiger partial charge on any atom is 0.417 e. The van der Waals surface area contributed by atoms with E-state index in [1.807, 2.05) is 26.0 Å². The highest BCUT2D eigenvalue weighted by Gasteiger charge is 2.44. The number of aliphatic hydroxyl groups is 1. The summed E-state index contributed by atoms with van der Waals surface area (Å²) < 4.78 is 88.3. The Morgan fingerprint density at radius 3 is 2.18 bits per heavy atom. The van der Waals surface area contributed by atoms with Crippen molar-refractivity contribution < 1.29 is 65.1 Å². The highest BCUT2D eigenvalue weighted by atomic mass is 32.2. The first-order valence-electron chi connectivity index (χ1n) is 23.1. The molecule has 18 heteroatoms. The molecule has 3 aromatic rings. The molecule has 16 nitrogen and oxygen atoms in total. The van der Waals surface area contributed by atoms with Crippen molar-refractivity contribution in [3.8, 4) is 17.2 Å². The monoisotopic (exact) mass is 960 g/mol. The number of carbonyl (C=O) groups is 2. The van der Waals surface area contributed by atoms with Crippen molar-refractivity contribution in [3.05, 3.63) is 83.9 Å². The van der Waals surface area contributed by atoms with Crippen LogP contribution in [-0.4, -0.2) is 107 Å². The van der Waals surface area contributed by atoms with Crippen molar-refractivity contribution in [2.75, 3.05) is 46.4 Å². The standard InChI is InChI=1S/C48H69N2O14PS/c1-7-9-10-11-12-13-14-36-15-21-40(22-16-36)64-65(54,63-35(5)46(52)58-8-2)33-61-39-19-17-37(18-20-39)29-43(49-48(53)62-45-32-60-47-42(45)27-28-59-47)44(51)31-50(30-34(3)4)66(55,56)41-25-23-38(57-6)24-26-41/h15-26,34-35,42-45,47,51H,7-14,27-33H2,1-6H3,(H,49,53)/t35-,42-,43-,44+,45-,47+,65?/m0/s1. The number of benzene rings is 3. The number of unbranched alkanes of at least 4 members (excludes halogenated alkanes) is 5. The number of esters is 1. The number of sulfonamides is 1. The average molecular weight is 961 g/mol. The Kier molecular flexibility index (Phi) is 20.6. The smallest absolute Gasteiger partial charge is 0.417 e. The summed E-state index contributed by atoms with van der Waals surface area (Å²) in [6.45, 7) is 9.55. The zero-order valence-corrected chi connectivity index (χ0v) is 40.8. The van der Waals surface area contributed by atoms with Gasteiger partial charge in [0.05, 0.1) is 49.9 Å². The maximum absolute atomic E-state index is 14.3. The molecule has 2 aliphatic heterocycles. The van der Waals surface area contributed by atoms with Crippen LogP contribution in [-0.2, 0) is 55.7 Å². The minimum absolute atomic E-state index is 0.0256. The number of amides is 1. The van der Waals surface area contributed by atoms with E-state index < -0.39 is 66.7 Å². The van der Waals surface area contributed by atoms with Gasteiger partial charge in [0.25, 0.3) is 0 Å². The van der Waals surface area contributed by atoms with Crippen molar-refractivity contribution in [3.63, 3.8) is 0 Å². The Hall–Kier alpha value is -4.22. The summed E-state index contributed by atoms with van der Waals surface area (Å²) in [4.78, 5) is 26.0. The second-order valence-corrected chi connectivity index (χ2v) is 21.0. The van der Waals surface area contributed by atoms with E-state index >= 15 is 0 Å². The molecule has 0 bridgehead atoms. The zero-order chi connectivity index (χ0) is 47.7. The van der Waals surface area contributed by atoms with E-state index in [0.717, 1.165) is 24.8 Å². The van der Waals surface area contributed by atoms with E-state index in [4.69, 9.17) is 37.5 Å². The molecule has 7 atom stereocenters. The summed E-state index contributed by atoms with van der Waals surface area (Å²) in [6, 6.07) is 18.9. The number of rotatable bonds is 28. The Labute approximate surface area is 390 Å². The van der Waals surface area contributed by atoms with Crippen molar-refractivity contribution >= 4 is 29.7 Å². The highest BCUT2D eigenvalue weighted by Crippen LogP contribution is 2.50. The summed E-state index contributed by atoms with van der Waals surface area (Å²) in [5.74, 6) is 0.146. The van der Waals surface area contributed by atoms with Crippen molar-refractivity contribution in [1.29, 1.82) is 0 Å². The number of fused-ring (bicyclic) bond motifs is 1. The minimum atomic E-state index is -4.13. The van der Waals surface area contributed by atoms with Crippen LogP contribution in [0.25, 0.3) is 0 Å². The van der Waals surface area contributed by atoms with E-state index in [1.165, 1.54) is 56.2 Å². The molecule has 2 fully saturated rings. The van der Waals surface area contributed by atoms with Crippen LogP contribution in [0.2, 0.25) is 0 Å². The largest absolute Gasteiger partial charge is 0.497 e. The van der Waals surface area contributed by atoms with Gasteiger partial charge in [0.15, 0.2) is 12.4 Å². The summed E-state index contributed by atoms with van der Waals surface area (Å²) in [5, 5.41) is 14.6. The van der Waals surface area contributed by atoms with Gasteiger partial charge in [0, 0.05) is 13.1 Å². The molecule has 2 aliphatic rings. The van der Waals surface area contributed by atoms with Crippen LogP contribution in [0.15, 0.2) is 77.7 Å². The second kappa shape index (κ2) is 25.8. The summed E-state index contributed by atoms with van der Waals surface area (Å²) in [5.41, 5.74) is 1.76. The predicted octanol–water partition coefficient (Wildman–Crippen LogP) is 8.28. The number of hydrogen-bond donors (Lipinski definition) is 2. The fraction of sp³-hybridized carbons (Fsp3) is 0.583. The molecular formula is C48H69N2O14PS. The van der Waals surface area contributed by atoms with Gasteiger partial charge < -0.3 is 43.4 Å². The number of aliphatic hydroxyl groups excluding tert-OH is 1. The molecule has 0 aromatic heterocycles. The molecule has 0 aliphatic carbocycles. The molecule has 1 amide bonds. The third-order valence-corrected chi connectivity index (χ3v) is 14.8. The molecule has 5 rings (SSSR count). The van der Waals surface area contributed by atoms with Gasteiger partial charge in [0.1, 0.15) is 23.4 Å². The lowest BCUT2D eigenvalue weighted by Gasteiger charge is -2.31. The number of ether oxygens (including phenoxy) is 6. The molecule has 0 saturated carbocycles. The van der Waals surface area contributed by atoms with Gasteiger partial charge in [-0.15, -0.1) is 0 Å². The predicted molar refractivity (Wildman–Crippen MR) is 248 cm³/mol. The van der Waals surface area contributed by atoms with Crippen LogP contribution >= 0.6 is 7.60 Å². The quantitative estimate of drug-likeness (QED) is 0.0401. The SMILES string of the molecule is CCCCCCCCc1ccc(OP(=O)(COc2ccc(C[C@H](NC(=O)O[C@H]3CO[C@H]4OCC[C@H]43)[C@H](O)CN(CC(C)C)S(=O)(=O)c3ccc(OC)cc3)cc2)O[C@@H](C)C(=O)OCC)cc1. The number of nitrogens with one attached hydrogen (secondary N) is 1. The molecule has 1 unspecified atom stereocenters. The van der Waals surface area contributed by atoms with Crippen molar-refractivity contribution in [1.82, 2.24) is 9.62 Å². The van der Waals surface area contributed by atoms with E-state index in [0.29, 0.717) is 24.3 Å². The van der Waals surface area contributed by atoms with Gasteiger partial charge in [-0.2, -0.15) is 4.31 Å². The van der Waals surface area contributed by atoms with E-state index in [-0.39, 0.29) is 61.0 Å². The van der Waals surface area contributed by atoms with Gasteiger partial charge in [-0.1, -0.05) is 77.1 Å². The first-order valence-corrected chi connectivity index (χ1v) is 26.3. The third-order valence-electron chi connectivity index (χ3n) is 11.4. The second-order valence-electron chi connectivity index (χ2n) is 17.2. The molecular weight excluding hydrogens is 892 g/mol. The van der Waals surface area contributed by atoms with Gasteiger partial charge in [0.2, 0.25) is 16.4 Å². The summed E-state index contributed by atoms with van der Waals surface area (Å²) in [7, 11) is -6.74. The van der Waals surface area contributed by atoms with E-state index in [2.05, 4.69) is 12.2 Å². The number of methoxy groups -OCH3 is 1. The number of hydrogen-bond acceptors (Lipinski definition) is 14. The van der Waals surface area contributed by atoms with Crippen LogP contribution < -0.4 is 19.3 Å². The lowest BCUT2D eigenvalue weighted by molar-refractivity contribution is -0.150. The average Bonchev–Trinajstić information content (AvgIpc) is 3.92. The van der Waals surface area contributed by atoms with Crippen LogP contribution in [0.1, 0.15) is 90.7 Å². The third kappa shape index (κ3) is 16.0. The molecule has 0 radical (unpaired) electrons.